The van der Waals surface area contributed by atoms with E-state index in [4.69, 9.17) is 38.1 Å². The van der Waals surface area contributed by atoms with Gasteiger partial charge in [0.15, 0.2) is 0 Å². The SMILES string of the molecule is CC(C)(C)OC(=O)N1CCCC1c1ncc(-c2ccc(C3CCC(c4ccc(-c5cnc(C6CCCN6C(=O)OC(C)(C)C)[nH]5)cc4)N3c3ccc(C(C)(C)C)cc3)cc2)[nH]1.CC(C)(C)c1ccc(N2C(c3ccc(B4OC(C)(C)C(C)(C)O4)cc3)CCC2c2ccc(B3OC(C)(C)C(C)(C)O3)cc2)cc1. The highest BCUT2D eigenvalue weighted by Gasteiger charge is 2.53. The minimum Gasteiger partial charge on any atom is -0.444 e. The first-order chi connectivity index (χ1) is 49.8. The Morgan fingerprint density at radius 2 is 0.679 bits per heavy atom. The number of hydrogen-bond acceptors (Lipinski definition) is 12. The Morgan fingerprint density at radius 1 is 0.396 bits per heavy atom. The summed E-state index contributed by atoms with van der Waals surface area (Å²) >= 11 is 0. The monoisotopic (exact) mass is 1430 g/mol. The second-order valence-corrected chi connectivity index (χ2v) is 36.4. The summed E-state index contributed by atoms with van der Waals surface area (Å²) in [6.07, 6.45) is 10.9. The highest BCUT2D eigenvalue weighted by molar-refractivity contribution is 6.62. The number of ether oxygens (including phenoxy) is 2. The average Bonchev–Trinajstić information content (AvgIpc) is 1.69. The third-order valence-corrected chi connectivity index (χ3v) is 23.3. The number of H-pyrrole nitrogens is 2. The number of likely N-dealkylation sites (tertiary alicyclic amines) is 2. The van der Waals surface area contributed by atoms with Crippen LogP contribution in [0.5, 0.6) is 0 Å². The molecule has 2 aromatic heterocycles. The summed E-state index contributed by atoms with van der Waals surface area (Å²) in [5.74, 6) is 1.59. The summed E-state index contributed by atoms with van der Waals surface area (Å²) in [5, 5.41) is 0. The number of amides is 2. The fourth-order valence-corrected chi connectivity index (χ4v) is 15.9. The molecule has 6 saturated heterocycles. The fourth-order valence-electron chi connectivity index (χ4n) is 15.9. The van der Waals surface area contributed by atoms with Gasteiger partial charge >= 0.3 is 26.4 Å². The predicted molar refractivity (Wildman–Crippen MR) is 427 cm³/mol. The van der Waals surface area contributed by atoms with Crippen molar-refractivity contribution in [1.82, 2.24) is 29.7 Å². The molecule has 18 heteroatoms. The van der Waals surface area contributed by atoms with Crippen LogP contribution in [0.1, 0.15) is 271 Å². The second-order valence-electron chi connectivity index (χ2n) is 36.4. The Balaban J connectivity index is 0.000000196. The van der Waals surface area contributed by atoms with Crippen molar-refractivity contribution in [3.05, 3.63) is 203 Å². The third-order valence-electron chi connectivity index (χ3n) is 23.3. The summed E-state index contributed by atoms with van der Waals surface area (Å²) in [7, 11) is -0.715. The molecule has 6 aliphatic rings. The number of rotatable bonds is 12. The zero-order valence-electron chi connectivity index (χ0n) is 66.7. The van der Waals surface area contributed by atoms with Crippen LogP contribution < -0.4 is 20.7 Å². The van der Waals surface area contributed by atoms with Crippen LogP contribution >= 0.6 is 0 Å². The number of nitrogens with one attached hydrogen (secondary N) is 2. The maximum Gasteiger partial charge on any atom is 0.494 e. The Kier molecular flexibility index (Phi) is 20.6. The molecule has 6 aliphatic heterocycles. The lowest BCUT2D eigenvalue weighted by molar-refractivity contribution is 0.00578. The van der Waals surface area contributed by atoms with Gasteiger partial charge in [-0.15, -0.1) is 0 Å². The lowest BCUT2D eigenvalue weighted by Crippen LogP contribution is -2.41. The van der Waals surface area contributed by atoms with Crippen LogP contribution in [0.4, 0.5) is 21.0 Å². The number of aromatic amines is 2. The van der Waals surface area contributed by atoms with Crippen LogP contribution in [0.15, 0.2) is 158 Å². The summed E-state index contributed by atoms with van der Waals surface area (Å²) in [5.41, 5.74) is 14.0. The molecular weight excluding hydrogens is 1320 g/mol. The first-order valence-electron chi connectivity index (χ1n) is 38.8. The summed E-state index contributed by atoms with van der Waals surface area (Å²) in [6, 6.07) is 54.6. The van der Waals surface area contributed by atoms with Gasteiger partial charge in [0.05, 0.1) is 82.4 Å². The summed E-state index contributed by atoms with van der Waals surface area (Å²) in [6.45, 7) is 43.1. The lowest BCUT2D eigenvalue weighted by Gasteiger charge is -2.34. The molecule has 0 radical (unpaired) electrons. The number of nitrogens with zero attached hydrogens (tertiary/aromatic N) is 6. The van der Waals surface area contributed by atoms with Crippen LogP contribution in [-0.2, 0) is 38.9 Å². The van der Waals surface area contributed by atoms with E-state index in [0.29, 0.717) is 13.1 Å². The van der Waals surface area contributed by atoms with Crippen molar-refractivity contribution in [2.75, 3.05) is 22.9 Å². The molecule has 2 N–H and O–H groups in total. The van der Waals surface area contributed by atoms with Gasteiger partial charge < -0.3 is 47.9 Å². The molecule has 0 aliphatic carbocycles. The maximum absolute atomic E-state index is 13.0. The highest BCUT2D eigenvalue weighted by atomic mass is 16.7. The van der Waals surface area contributed by atoms with Gasteiger partial charge in [-0.25, -0.2) is 19.6 Å². The number of hydrogen-bond donors (Lipinski definition) is 2. The molecule has 0 spiro atoms. The van der Waals surface area contributed by atoms with Crippen molar-refractivity contribution < 1.29 is 37.7 Å². The molecule has 560 valence electrons. The van der Waals surface area contributed by atoms with Crippen LogP contribution in [0.25, 0.3) is 22.5 Å². The molecule has 16 nitrogen and oxygen atoms in total. The van der Waals surface area contributed by atoms with Crippen LogP contribution in [0, 0.1) is 0 Å². The van der Waals surface area contributed by atoms with Crippen LogP contribution in [-0.4, -0.2) is 103 Å². The standard InChI is InChI=1S/C50H63N7O4.C38H51B2NO4/c1-48(2,3)36-22-24-37(25-23-36)57-40(34-18-14-32(15-19-34)38-30-51-44(53-38)42-12-10-28-55(42)46(58)60-49(4,5)6)26-27-41(57)35-20-16-33(17-21-35)39-31-52-45(54-39)43-13-11-29-56(43)47(59)61-50(7,8)9;1-34(2,3)28-16-22-31(23-17-28)41-32(26-12-18-29(19-13-26)39-42-35(4,5)36(6,7)43-39)24-25-33(41)27-14-20-30(21-15-27)40-44-37(8,9)38(10,11)45-40/h14-25,30-31,40-43H,10-13,26-29H2,1-9H3,(H,51,53)(H,52,54);12-23,32-33H,24-25H2,1-11H3. The molecule has 2 amide bonds. The Labute approximate surface area is 631 Å². The van der Waals surface area contributed by atoms with Crippen molar-refractivity contribution >= 4 is 48.7 Å². The van der Waals surface area contributed by atoms with E-state index in [0.717, 1.165) is 96.5 Å². The lowest BCUT2D eigenvalue weighted by atomic mass is 9.78. The largest absolute Gasteiger partial charge is 0.494 e. The minimum absolute atomic E-state index is 0.0602. The van der Waals surface area contributed by atoms with Gasteiger partial charge in [0.25, 0.3) is 0 Å². The highest BCUT2D eigenvalue weighted by Crippen LogP contribution is 2.50. The molecule has 8 heterocycles. The molecule has 0 bridgehead atoms. The molecule has 106 heavy (non-hydrogen) atoms. The normalized spacial score (nSPS) is 22.8. The Bertz CT molecular complexity index is 4120. The molecule has 6 atom stereocenters. The van der Waals surface area contributed by atoms with Crippen molar-refractivity contribution in [2.45, 2.75) is 271 Å². The van der Waals surface area contributed by atoms with Gasteiger partial charge in [-0.1, -0.05) is 163 Å². The molecule has 8 aromatic rings. The first-order valence-corrected chi connectivity index (χ1v) is 38.8. The molecule has 0 saturated carbocycles. The fraction of sp³-hybridized carbons (Fsp3) is 0.500. The second kappa shape index (κ2) is 28.8. The first kappa shape index (κ1) is 76.1. The van der Waals surface area contributed by atoms with E-state index in [1.54, 1.807) is 9.80 Å². The van der Waals surface area contributed by atoms with Crippen LogP contribution in [0.3, 0.4) is 0 Å². The number of carbonyl (C=O) groups excluding carboxylic acids is 2. The number of carbonyl (C=O) groups is 2. The summed E-state index contributed by atoms with van der Waals surface area (Å²) in [4.78, 5) is 51.4. The van der Waals surface area contributed by atoms with E-state index in [1.165, 1.54) is 44.8 Å². The van der Waals surface area contributed by atoms with Gasteiger partial charge in [-0.3, -0.25) is 9.80 Å². The van der Waals surface area contributed by atoms with Gasteiger partial charge in [-0.2, -0.15) is 0 Å². The molecule has 6 fully saturated rings. The van der Waals surface area contributed by atoms with Gasteiger partial charge in [0.2, 0.25) is 0 Å². The zero-order valence-corrected chi connectivity index (χ0v) is 66.7. The van der Waals surface area contributed by atoms with E-state index < -0.39 is 11.2 Å². The smallest absolute Gasteiger partial charge is 0.444 e. The molecule has 6 aromatic carbocycles. The van der Waals surface area contributed by atoms with E-state index in [-0.39, 0.29) is 95.9 Å². The van der Waals surface area contributed by atoms with E-state index in [1.807, 2.05) is 53.9 Å². The summed E-state index contributed by atoms with van der Waals surface area (Å²) < 4.78 is 36.8. The van der Waals surface area contributed by atoms with Crippen molar-refractivity contribution in [3.63, 3.8) is 0 Å². The molecular formula is C88H114B2N8O8. The quantitative estimate of drug-likeness (QED) is 0.112. The molecule has 14 rings (SSSR count). The van der Waals surface area contributed by atoms with Crippen molar-refractivity contribution in [3.8, 4) is 22.5 Å². The topological polar surface area (TPSA) is 160 Å². The van der Waals surface area contributed by atoms with Crippen LogP contribution in [0.2, 0.25) is 0 Å². The number of anilines is 2. The van der Waals surface area contributed by atoms with E-state index in [9.17, 15) is 9.59 Å². The number of aromatic nitrogens is 4. The van der Waals surface area contributed by atoms with Crippen molar-refractivity contribution in [2.24, 2.45) is 0 Å². The third kappa shape index (κ3) is 16.0. The Morgan fingerprint density at radius 3 is 0.953 bits per heavy atom. The predicted octanol–water partition coefficient (Wildman–Crippen LogP) is 19.7. The average molecular weight is 1430 g/mol. The van der Waals surface area contributed by atoms with Gasteiger partial charge in [-0.05, 0) is 239 Å². The Hall–Kier alpha value is -8.15. The van der Waals surface area contributed by atoms with Crippen molar-refractivity contribution in [1.29, 1.82) is 0 Å². The van der Waals surface area contributed by atoms with Gasteiger partial charge in [0, 0.05) is 24.5 Å². The number of imidazole rings is 2. The zero-order chi connectivity index (χ0) is 75.8. The molecule has 6 unspecified atom stereocenters. The number of benzene rings is 6. The minimum atomic E-state index is -0.549. The van der Waals surface area contributed by atoms with E-state index >= 15 is 0 Å². The van der Waals surface area contributed by atoms with Gasteiger partial charge in [0.1, 0.15) is 22.9 Å². The maximum atomic E-state index is 13.0. The van der Waals surface area contributed by atoms with E-state index in [2.05, 4.69) is 262 Å².